The van der Waals surface area contributed by atoms with Crippen LogP contribution in [0.1, 0.15) is 17.5 Å². The van der Waals surface area contributed by atoms with Crippen molar-refractivity contribution in [2.75, 3.05) is 60.0 Å². The lowest BCUT2D eigenvalue weighted by atomic mass is 9.93. The molecule has 25 heavy (non-hydrogen) atoms. The van der Waals surface area contributed by atoms with Crippen LogP contribution in [0.25, 0.3) is 0 Å². The zero-order chi connectivity index (χ0) is 17.6. The van der Waals surface area contributed by atoms with E-state index in [4.69, 9.17) is 10.00 Å². The summed E-state index contributed by atoms with van der Waals surface area (Å²) in [5.41, 5.74) is 1.97. The second-order valence-electron chi connectivity index (χ2n) is 7.61. The number of rotatable bonds is 5. The van der Waals surface area contributed by atoms with E-state index in [-0.39, 0.29) is 0 Å². The molecule has 5 heteroatoms. The highest BCUT2D eigenvalue weighted by molar-refractivity contribution is 5.32. The molecular formula is C20H30N4O. The number of piperidine rings is 1. The van der Waals surface area contributed by atoms with Gasteiger partial charge in [0, 0.05) is 45.2 Å². The molecule has 0 spiro atoms. The van der Waals surface area contributed by atoms with Crippen LogP contribution in [0.3, 0.4) is 0 Å². The topological polar surface area (TPSA) is 42.7 Å². The highest BCUT2D eigenvalue weighted by Crippen LogP contribution is 2.25. The van der Waals surface area contributed by atoms with Crippen LogP contribution in [0, 0.1) is 17.2 Å². The van der Waals surface area contributed by atoms with Gasteiger partial charge >= 0.3 is 0 Å². The maximum atomic E-state index is 9.07. The minimum atomic E-state index is 0.345. The van der Waals surface area contributed by atoms with Crippen molar-refractivity contribution in [3.63, 3.8) is 0 Å². The van der Waals surface area contributed by atoms with Gasteiger partial charge < -0.3 is 9.64 Å². The smallest absolute Gasteiger partial charge is 0.0991 e. The Bertz CT molecular complexity index is 598. The van der Waals surface area contributed by atoms with Gasteiger partial charge in [0.2, 0.25) is 0 Å². The molecule has 2 heterocycles. The van der Waals surface area contributed by atoms with E-state index in [1.54, 1.807) is 0 Å². The number of nitriles is 1. The lowest BCUT2D eigenvalue weighted by Gasteiger charge is -2.38. The maximum absolute atomic E-state index is 9.07. The molecule has 2 fully saturated rings. The van der Waals surface area contributed by atoms with Gasteiger partial charge in [0.25, 0.3) is 0 Å². The summed E-state index contributed by atoms with van der Waals surface area (Å²) in [6, 6.07) is 10.2. The number of fused-ring (bicyclic) bond motifs is 1. The van der Waals surface area contributed by atoms with E-state index in [0.717, 1.165) is 58.0 Å². The van der Waals surface area contributed by atoms with E-state index in [0.29, 0.717) is 12.0 Å². The van der Waals surface area contributed by atoms with E-state index in [9.17, 15) is 0 Å². The van der Waals surface area contributed by atoms with Crippen LogP contribution in [0.4, 0.5) is 0 Å². The van der Waals surface area contributed by atoms with Crippen LogP contribution in [0.15, 0.2) is 24.3 Å². The van der Waals surface area contributed by atoms with Crippen molar-refractivity contribution in [3.8, 4) is 6.07 Å². The zero-order valence-electron chi connectivity index (χ0n) is 15.5. The Morgan fingerprint density at radius 1 is 1.24 bits per heavy atom. The summed E-state index contributed by atoms with van der Waals surface area (Å²) < 4.78 is 6.21. The molecular weight excluding hydrogens is 312 g/mol. The summed E-state index contributed by atoms with van der Waals surface area (Å²) in [6.45, 7) is 8.31. The quantitative estimate of drug-likeness (QED) is 0.814. The van der Waals surface area contributed by atoms with Crippen molar-refractivity contribution in [3.05, 3.63) is 35.4 Å². The second kappa shape index (κ2) is 8.77. The first-order valence-electron chi connectivity index (χ1n) is 9.34. The highest BCUT2D eigenvalue weighted by Gasteiger charge is 2.33. The largest absolute Gasteiger partial charge is 0.375 e. The minimum absolute atomic E-state index is 0.345. The van der Waals surface area contributed by atoms with Gasteiger partial charge in [0.1, 0.15) is 0 Å². The molecule has 2 aliphatic rings. The van der Waals surface area contributed by atoms with Crippen molar-refractivity contribution in [2.24, 2.45) is 5.92 Å². The summed E-state index contributed by atoms with van der Waals surface area (Å²) in [7, 11) is 4.27. The van der Waals surface area contributed by atoms with E-state index >= 15 is 0 Å². The monoisotopic (exact) mass is 342 g/mol. The first-order chi connectivity index (χ1) is 12.1. The normalized spacial score (nSPS) is 25.4. The first-order valence-corrected chi connectivity index (χ1v) is 9.34. The molecule has 2 aliphatic heterocycles. The average molecular weight is 342 g/mol. The van der Waals surface area contributed by atoms with Gasteiger partial charge in [-0.05, 0) is 44.8 Å². The lowest BCUT2D eigenvalue weighted by Crippen LogP contribution is -2.46. The third-order valence-electron chi connectivity index (χ3n) is 5.34. The standard InChI is InChI=1S/C20H30N4O/c1-22(2)8-9-23-10-11-25-20-16-24(7-6-19(20)15-23)14-18-5-3-4-17(12-18)13-21/h3-5,12,19-20H,6-11,14-16H2,1-2H3/t19-,20-/m0/s1. The second-order valence-corrected chi connectivity index (χ2v) is 7.61. The van der Waals surface area contributed by atoms with Crippen LogP contribution in [0.5, 0.6) is 0 Å². The summed E-state index contributed by atoms with van der Waals surface area (Å²) in [5, 5.41) is 9.07. The van der Waals surface area contributed by atoms with Crippen LogP contribution in [-0.4, -0.2) is 80.8 Å². The fourth-order valence-electron chi connectivity index (χ4n) is 3.87. The van der Waals surface area contributed by atoms with Gasteiger partial charge in [-0.1, -0.05) is 12.1 Å². The molecule has 0 N–H and O–H groups in total. The Morgan fingerprint density at radius 3 is 2.92 bits per heavy atom. The van der Waals surface area contributed by atoms with Crippen molar-refractivity contribution < 1.29 is 4.74 Å². The fourth-order valence-corrected chi connectivity index (χ4v) is 3.87. The Labute approximate surface area is 151 Å². The third-order valence-corrected chi connectivity index (χ3v) is 5.34. The van der Waals surface area contributed by atoms with E-state index in [2.05, 4.69) is 40.9 Å². The van der Waals surface area contributed by atoms with Gasteiger partial charge in [-0.3, -0.25) is 9.80 Å². The minimum Gasteiger partial charge on any atom is -0.375 e. The highest BCUT2D eigenvalue weighted by atomic mass is 16.5. The van der Waals surface area contributed by atoms with Gasteiger partial charge in [-0.25, -0.2) is 0 Å². The molecule has 1 aromatic rings. The molecule has 2 saturated heterocycles. The van der Waals surface area contributed by atoms with Gasteiger partial charge in [-0.15, -0.1) is 0 Å². The number of benzene rings is 1. The average Bonchev–Trinajstić information content (AvgIpc) is 2.81. The van der Waals surface area contributed by atoms with Gasteiger partial charge in [-0.2, -0.15) is 5.26 Å². The molecule has 5 nitrogen and oxygen atoms in total. The lowest BCUT2D eigenvalue weighted by molar-refractivity contribution is -0.0241. The van der Waals surface area contributed by atoms with Crippen molar-refractivity contribution in [2.45, 2.75) is 19.1 Å². The summed E-state index contributed by atoms with van der Waals surface area (Å²) in [4.78, 5) is 7.30. The van der Waals surface area contributed by atoms with E-state index in [1.165, 1.54) is 12.0 Å². The fraction of sp³-hybridized carbons (Fsp3) is 0.650. The predicted octanol–water partition coefficient (Wildman–Crippen LogP) is 1.64. The molecule has 0 radical (unpaired) electrons. The Balaban J connectivity index is 1.54. The van der Waals surface area contributed by atoms with Crippen molar-refractivity contribution >= 4 is 0 Å². The molecule has 0 saturated carbocycles. The third kappa shape index (κ3) is 5.26. The SMILES string of the molecule is CN(C)CCN1CCO[C@H]2CN(Cc3cccc(C#N)c3)CC[C@H]2C1. The Hall–Kier alpha value is -1.45. The molecule has 3 rings (SSSR count). The molecule has 136 valence electrons. The Kier molecular flexibility index (Phi) is 6.44. The predicted molar refractivity (Wildman–Crippen MR) is 99.3 cm³/mol. The zero-order valence-corrected chi connectivity index (χ0v) is 15.5. The van der Waals surface area contributed by atoms with Crippen LogP contribution < -0.4 is 0 Å². The summed E-state index contributed by atoms with van der Waals surface area (Å²) in [6.07, 6.45) is 1.54. The first kappa shape index (κ1) is 18.3. The van der Waals surface area contributed by atoms with Crippen LogP contribution in [-0.2, 0) is 11.3 Å². The molecule has 1 aromatic carbocycles. The number of likely N-dealkylation sites (N-methyl/N-ethyl adjacent to an activating group) is 1. The summed E-state index contributed by atoms with van der Waals surface area (Å²) in [5.74, 6) is 0.645. The number of hydrogen-bond donors (Lipinski definition) is 0. The maximum Gasteiger partial charge on any atom is 0.0991 e. The van der Waals surface area contributed by atoms with Crippen molar-refractivity contribution in [1.82, 2.24) is 14.7 Å². The number of ether oxygens (including phenoxy) is 1. The van der Waals surface area contributed by atoms with E-state index < -0.39 is 0 Å². The molecule has 0 aromatic heterocycles. The molecule has 0 bridgehead atoms. The Morgan fingerprint density at radius 2 is 2.12 bits per heavy atom. The number of hydrogen-bond acceptors (Lipinski definition) is 5. The van der Waals surface area contributed by atoms with Gasteiger partial charge in [0.05, 0.1) is 24.3 Å². The summed E-state index contributed by atoms with van der Waals surface area (Å²) >= 11 is 0. The van der Waals surface area contributed by atoms with Crippen LogP contribution in [0.2, 0.25) is 0 Å². The van der Waals surface area contributed by atoms with E-state index in [1.807, 2.05) is 18.2 Å². The van der Waals surface area contributed by atoms with Gasteiger partial charge in [0.15, 0.2) is 0 Å². The molecule has 2 atom stereocenters. The number of nitrogens with zero attached hydrogens (tertiary/aromatic N) is 4. The molecule has 0 amide bonds. The molecule has 0 aliphatic carbocycles. The van der Waals surface area contributed by atoms with Crippen molar-refractivity contribution in [1.29, 1.82) is 5.26 Å². The molecule has 0 unspecified atom stereocenters. The number of likely N-dealkylation sites (tertiary alicyclic amines) is 1. The van der Waals surface area contributed by atoms with Crippen LogP contribution >= 0.6 is 0 Å².